The highest BCUT2D eigenvalue weighted by atomic mass is 127. The average Bonchev–Trinajstić information content (AvgIpc) is 2.20. The fourth-order valence-corrected chi connectivity index (χ4v) is 1.44. The van der Waals surface area contributed by atoms with Gasteiger partial charge in [0, 0.05) is 3.57 Å². The molecule has 0 fully saturated rings. The van der Waals surface area contributed by atoms with Gasteiger partial charge in [-0.05, 0) is 53.3 Å². The first kappa shape index (κ1) is 11.3. The van der Waals surface area contributed by atoms with Crippen LogP contribution >= 0.6 is 22.6 Å². The van der Waals surface area contributed by atoms with Gasteiger partial charge < -0.3 is 4.74 Å². The SMILES string of the molecule is CCC(CC#N)Oc1ccc(I)cc1. The summed E-state index contributed by atoms with van der Waals surface area (Å²) in [5.41, 5.74) is 0. The Labute approximate surface area is 98.0 Å². The van der Waals surface area contributed by atoms with Crippen molar-refractivity contribution in [3.8, 4) is 11.8 Å². The molecule has 3 heteroatoms. The van der Waals surface area contributed by atoms with Crippen molar-refractivity contribution in [2.45, 2.75) is 25.9 Å². The van der Waals surface area contributed by atoms with E-state index in [2.05, 4.69) is 28.7 Å². The van der Waals surface area contributed by atoms with Gasteiger partial charge in [0.25, 0.3) is 0 Å². The number of ether oxygens (including phenoxy) is 1. The molecule has 0 aliphatic heterocycles. The van der Waals surface area contributed by atoms with Crippen LogP contribution in [0.5, 0.6) is 5.75 Å². The highest BCUT2D eigenvalue weighted by Gasteiger charge is 2.06. The lowest BCUT2D eigenvalue weighted by Crippen LogP contribution is -2.14. The molecule has 74 valence electrons. The van der Waals surface area contributed by atoms with E-state index in [9.17, 15) is 0 Å². The molecule has 0 radical (unpaired) electrons. The first-order chi connectivity index (χ1) is 6.76. The van der Waals surface area contributed by atoms with E-state index in [1.54, 1.807) is 0 Å². The van der Waals surface area contributed by atoms with Crippen molar-refractivity contribution in [2.24, 2.45) is 0 Å². The van der Waals surface area contributed by atoms with Crippen LogP contribution < -0.4 is 4.74 Å². The van der Waals surface area contributed by atoms with Gasteiger partial charge in [-0.2, -0.15) is 5.26 Å². The summed E-state index contributed by atoms with van der Waals surface area (Å²) in [4.78, 5) is 0. The second-order valence-electron chi connectivity index (χ2n) is 2.96. The molecule has 0 amide bonds. The van der Waals surface area contributed by atoms with Crippen molar-refractivity contribution in [1.29, 1.82) is 5.26 Å². The lowest BCUT2D eigenvalue weighted by atomic mass is 10.2. The van der Waals surface area contributed by atoms with Crippen molar-refractivity contribution >= 4 is 22.6 Å². The fourth-order valence-electron chi connectivity index (χ4n) is 1.08. The van der Waals surface area contributed by atoms with E-state index >= 15 is 0 Å². The fraction of sp³-hybridized carbons (Fsp3) is 0.364. The third-order valence-electron chi connectivity index (χ3n) is 1.89. The zero-order chi connectivity index (χ0) is 10.4. The Bertz CT molecular complexity index is 315. The van der Waals surface area contributed by atoms with Gasteiger partial charge in [0.2, 0.25) is 0 Å². The Kier molecular flexibility index (Phi) is 4.74. The molecule has 1 aromatic rings. The minimum absolute atomic E-state index is 0.0139. The normalized spacial score (nSPS) is 11.8. The maximum atomic E-state index is 8.56. The molecule has 0 saturated carbocycles. The second kappa shape index (κ2) is 5.86. The van der Waals surface area contributed by atoms with Crippen LogP contribution in [0.2, 0.25) is 0 Å². The first-order valence-electron chi connectivity index (χ1n) is 4.55. The Morgan fingerprint density at radius 3 is 2.57 bits per heavy atom. The number of halogens is 1. The van der Waals surface area contributed by atoms with Crippen LogP contribution in [0.1, 0.15) is 19.8 Å². The summed E-state index contributed by atoms with van der Waals surface area (Å²) < 4.78 is 6.82. The van der Waals surface area contributed by atoms with Gasteiger partial charge in [0.1, 0.15) is 11.9 Å². The van der Waals surface area contributed by atoms with Crippen LogP contribution in [0, 0.1) is 14.9 Å². The highest BCUT2D eigenvalue weighted by Crippen LogP contribution is 2.16. The molecule has 0 spiro atoms. The van der Waals surface area contributed by atoms with Gasteiger partial charge in [-0.15, -0.1) is 0 Å². The van der Waals surface area contributed by atoms with Crippen LogP contribution in [-0.2, 0) is 0 Å². The molecule has 0 saturated heterocycles. The molecular weight excluding hydrogens is 289 g/mol. The van der Waals surface area contributed by atoms with Crippen molar-refractivity contribution in [3.05, 3.63) is 27.8 Å². The third-order valence-corrected chi connectivity index (χ3v) is 2.61. The van der Waals surface area contributed by atoms with Crippen LogP contribution in [0.25, 0.3) is 0 Å². The van der Waals surface area contributed by atoms with E-state index in [4.69, 9.17) is 10.00 Å². The molecule has 0 heterocycles. The molecule has 1 atom stereocenters. The van der Waals surface area contributed by atoms with Gasteiger partial charge in [0.05, 0.1) is 12.5 Å². The summed E-state index contributed by atoms with van der Waals surface area (Å²) >= 11 is 2.25. The maximum Gasteiger partial charge on any atom is 0.119 e. The Morgan fingerprint density at radius 2 is 2.07 bits per heavy atom. The molecular formula is C11H12INO. The maximum absolute atomic E-state index is 8.56. The van der Waals surface area contributed by atoms with E-state index in [0.29, 0.717) is 6.42 Å². The Balaban J connectivity index is 2.59. The molecule has 0 bridgehead atoms. The number of hydrogen-bond donors (Lipinski definition) is 0. The second-order valence-corrected chi connectivity index (χ2v) is 4.21. The predicted octanol–water partition coefficient (Wildman–Crippen LogP) is 3.36. The van der Waals surface area contributed by atoms with Crippen LogP contribution in [0.15, 0.2) is 24.3 Å². The monoisotopic (exact) mass is 301 g/mol. The molecule has 1 rings (SSSR count). The largest absolute Gasteiger partial charge is 0.489 e. The smallest absolute Gasteiger partial charge is 0.119 e. The van der Waals surface area contributed by atoms with E-state index in [1.807, 2.05) is 31.2 Å². The summed E-state index contributed by atoms with van der Waals surface area (Å²) in [6.07, 6.45) is 1.32. The molecule has 0 N–H and O–H groups in total. The standard InChI is InChI=1S/C11H12INO/c1-2-10(7-8-13)14-11-5-3-9(12)4-6-11/h3-6,10H,2,7H2,1H3. The van der Waals surface area contributed by atoms with E-state index in [-0.39, 0.29) is 6.10 Å². The van der Waals surface area contributed by atoms with Crippen molar-refractivity contribution in [2.75, 3.05) is 0 Å². The number of nitriles is 1. The van der Waals surface area contributed by atoms with Gasteiger partial charge in [-0.3, -0.25) is 0 Å². The topological polar surface area (TPSA) is 33.0 Å². The lowest BCUT2D eigenvalue weighted by Gasteiger charge is -2.14. The van der Waals surface area contributed by atoms with E-state index in [1.165, 1.54) is 3.57 Å². The molecule has 0 aliphatic carbocycles. The molecule has 1 unspecified atom stereocenters. The number of nitrogens with zero attached hydrogens (tertiary/aromatic N) is 1. The summed E-state index contributed by atoms with van der Waals surface area (Å²) in [5, 5.41) is 8.56. The van der Waals surface area contributed by atoms with Gasteiger partial charge >= 0.3 is 0 Å². The Hall–Kier alpha value is -0.760. The van der Waals surface area contributed by atoms with E-state index < -0.39 is 0 Å². The molecule has 0 aromatic heterocycles. The Morgan fingerprint density at radius 1 is 1.43 bits per heavy atom. The zero-order valence-corrected chi connectivity index (χ0v) is 10.2. The minimum Gasteiger partial charge on any atom is -0.489 e. The minimum atomic E-state index is 0.0139. The van der Waals surface area contributed by atoms with Crippen molar-refractivity contribution < 1.29 is 4.74 Å². The summed E-state index contributed by atoms with van der Waals surface area (Å²) in [6, 6.07) is 9.98. The zero-order valence-electron chi connectivity index (χ0n) is 8.03. The van der Waals surface area contributed by atoms with Gasteiger partial charge in [-0.1, -0.05) is 6.92 Å². The number of rotatable bonds is 4. The molecule has 14 heavy (non-hydrogen) atoms. The van der Waals surface area contributed by atoms with Crippen LogP contribution in [-0.4, -0.2) is 6.10 Å². The first-order valence-corrected chi connectivity index (χ1v) is 5.63. The highest BCUT2D eigenvalue weighted by molar-refractivity contribution is 14.1. The lowest BCUT2D eigenvalue weighted by molar-refractivity contribution is 0.202. The predicted molar refractivity (Wildman–Crippen MR) is 64.1 cm³/mol. The van der Waals surface area contributed by atoms with Crippen molar-refractivity contribution in [1.82, 2.24) is 0 Å². The van der Waals surface area contributed by atoms with Gasteiger partial charge in [0.15, 0.2) is 0 Å². The van der Waals surface area contributed by atoms with Crippen molar-refractivity contribution in [3.63, 3.8) is 0 Å². The summed E-state index contributed by atoms with van der Waals surface area (Å²) in [7, 11) is 0. The quantitative estimate of drug-likeness (QED) is 0.799. The van der Waals surface area contributed by atoms with Crippen LogP contribution in [0.4, 0.5) is 0 Å². The molecule has 2 nitrogen and oxygen atoms in total. The average molecular weight is 301 g/mol. The van der Waals surface area contributed by atoms with Gasteiger partial charge in [-0.25, -0.2) is 0 Å². The summed E-state index contributed by atoms with van der Waals surface area (Å²) in [6.45, 7) is 2.02. The van der Waals surface area contributed by atoms with E-state index in [0.717, 1.165) is 12.2 Å². The number of benzene rings is 1. The third kappa shape index (κ3) is 3.54. The summed E-state index contributed by atoms with van der Waals surface area (Å²) in [5.74, 6) is 0.840. The van der Waals surface area contributed by atoms with Crippen LogP contribution in [0.3, 0.4) is 0 Å². The molecule has 0 aliphatic rings. The number of hydrogen-bond acceptors (Lipinski definition) is 2. The molecule has 1 aromatic carbocycles.